The second-order valence-electron chi connectivity index (χ2n) is 5.57. The van der Waals surface area contributed by atoms with Crippen LogP contribution in [0.5, 0.6) is 5.88 Å². The molecule has 0 bridgehead atoms. The normalized spacial score (nSPS) is 14.3. The van der Waals surface area contributed by atoms with Gasteiger partial charge in [0, 0.05) is 13.1 Å². The number of aromatic nitrogens is 1. The van der Waals surface area contributed by atoms with E-state index in [1.807, 2.05) is 11.9 Å². The van der Waals surface area contributed by atoms with Gasteiger partial charge in [0.2, 0.25) is 11.8 Å². The Bertz CT molecular complexity index is 551. The minimum absolute atomic E-state index is 0.0468. The highest BCUT2D eigenvalue weighted by atomic mass is 35.5. The van der Waals surface area contributed by atoms with Crippen LogP contribution in [-0.4, -0.2) is 69.6 Å². The van der Waals surface area contributed by atoms with Crippen LogP contribution in [0.2, 0.25) is 10.0 Å². The van der Waals surface area contributed by atoms with Gasteiger partial charge < -0.3 is 25.0 Å². The van der Waals surface area contributed by atoms with Gasteiger partial charge in [-0.1, -0.05) is 23.2 Å². The molecule has 0 saturated carbocycles. The summed E-state index contributed by atoms with van der Waals surface area (Å²) >= 11 is 11.0. The van der Waals surface area contributed by atoms with E-state index in [2.05, 4.69) is 4.98 Å². The van der Waals surface area contributed by atoms with Gasteiger partial charge in [-0.05, 0) is 33.9 Å². The Morgan fingerprint density at radius 3 is 2.12 bits per heavy atom. The first-order valence-corrected chi connectivity index (χ1v) is 8.15. The third kappa shape index (κ3) is 10.4. The predicted octanol–water partition coefficient (Wildman–Crippen LogP) is 2.06. The van der Waals surface area contributed by atoms with E-state index < -0.39 is 18.0 Å². The number of aliphatic hydroxyl groups excluding tert-OH is 2. The molecule has 0 radical (unpaired) electrons. The Hall–Kier alpha value is -1.19. The molecule has 0 amide bonds. The zero-order valence-corrected chi connectivity index (χ0v) is 15.9. The van der Waals surface area contributed by atoms with Gasteiger partial charge in [-0.2, -0.15) is 9.37 Å². The molecule has 3 atom stereocenters. The van der Waals surface area contributed by atoms with Crippen molar-refractivity contribution in [2.24, 2.45) is 0 Å². The minimum Gasteiger partial charge on any atom is -0.479 e. The third-order valence-corrected chi connectivity index (χ3v) is 3.18. The number of aliphatic carboxylic acids is 1. The van der Waals surface area contributed by atoms with Gasteiger partial charge in [-0.15, -0.1) is 0 Å². The molecule has 25 heavy (non-hydrogen) atoms. The highest BCUT2D eigenvalue weighted by Crippen LogP contribution is 2.27. The van der Waals surface area contributed by atoms with E-state index in [0.29, 0.717) is 13.1 Å². The molecule has 0 fully saturated rings. The van der Waals surface area contributed by atoms with Crippen LogP contribution in [0.1, 0.15) is 20.8 Å². The number of hydrogen-bond acceptors (Lipinski definition) is 6. The molecule has 10 heteroatoms. The molecule has 1 rings (SSSR count). The number of aliphatic hydroxyl groups is 2. The maximum atomic E-state index is 12.9. The van der Waals surface area contributed by atoms with Crippen LogP contribution in [0.25, 0.3) is 0 Å². The number of halogens is 3. The fraction of sp³-hybridized carbons (Fsp3) is 0.600. The van der Waals surface area contributed by atoms with Gasteiger partial charge in [-0.25, -0.2) is 4.79 Å². The molecular weight excluding hydrogens is 378 g/mol. The number of pyridine rings is 1. The zero-order valence-electron chi connectivity index (χ0n) is 14.4. The van der Waals surface area contributed by atoms with Crippen LogP contribution in [-0.2, 0) is 4.79 Å². The summed E-state index contributed by atoms with van der Waals surface area (Å²) in [4.78, 5) is 15.6. The summed E-state index contributed by atoms with van der Waals surface area (Å²) in [6.07, 6.45) is -1.80. The second kappa shape index (κ2) is 11.4. The fourth-order valence-corrected chi connectivity index (χ4v) is 2.11. The highest BCUT2D eigenvalue weighted by molar-refractivity contribution is 6.35. The molecule has 0 saturated heterocycles. The standard InChI is InChI=1S/C8H6Cl2FNO3.C7H17NO2/c1-3(8(13)14)15-7-5(10)2-4(9)6(11)12-7;1-6(9)4-8(3)5-7(2)10/h2-3H,1H3,(H,13,14);6-7,9-10H,4-5H2,1-3H3. The van der Waals surface area contributed by atoms with Crippen LogP contribution < -0.4 is 4.74 Å². The van der Waals surface area contributed by atoms with E-state index in [4.69, 9.17) is 43.3 Å². The van der Waals surface area contributed by atoms with Gasteiger partial charge in [-0.3, -0.25) is 0 Å². The Labute approximate surface area is 155 Å². The minimum atomic E-state index is -1.21. The number of nitrogens with zero attached hydrogens (tertiary/aromatic N) is 2. The second-order valence-corrected chi connectivity index (χ2v) is 6.38. The van der Waals surface area contributed by atoms with E-state index in [1.54, 1.807) is 13.8 Å². The number of carboxylic acids is 1. The van der Waals surface area contributed by atoms with Gasteiger partial charge in [0.25, 0.3) is 0 Å². The predicted molar refractivity (Wildman–Crippen MR) is 92.8 cm³/mol. The quantitative estimate of drug-likeness (QED) is 0.601. The number of carbonyl (C=O) groups is 1. The van der Waals surface area contributed by atoms with Crippen molar-refractivity contribution in [3.05, 3.63) is 22.1 Å². The van der Waals surface area contributed by atoms with Crippen molar-refractivity contribution >= 4 is 29.2 Å². The smallest absolute Gasteiger partial charge is 0.344 e. The lowest BCUT2D eigenvalue weighted by molar-refractivity contribution is -0.144. The van der Waals surface area contributed by atoms with Crippen LogP contribution in [0.3, 0.4) is 0 Å². The molecule has 1 heterocycles. The van der Waals surface area contributed by atoms with Crippen LogP contribution >= 0.6 is 23.2 Å². The summed E-state index contributed by atoms with van der Waals surface area (Å²) in [7, 11) is 1.87. The lowest BCUT2D eigenvalue weighted by atomic mass is 10.3. The van der Waals surface area contributed by atoms with E-state index in [1.165, 1.54) is 6.92 Å². The summed E-state index contributed by atoms with van der Waals surface area (Å²) < 4.78 is 17.7. The first-order valence-electron chi connectivity index (χ1n) is 7.39. The summed E-state index contributed by atoms with van der Waals surface area (Å²) in [5.74, 6) is -2.47. The Kier molecular flexibility index (Phi) is 10.9. The van der Waals surface area contributed by atoms with Crippen molar-refractivity contribution in [1.29, 1.82) is 0 Å². The highest BCUT2D eigenvalue weighted by Gasteiger charge is 2.17. The summed E-state index contributed by atoms with van der Waals surface area (Å²) in [6.45, 7) is 5.97. The summed E-state index contributed by atoms with van der Waals surface area (Å²) in [5, 5.41) is 26.1. The Balaban J connectivity index is 0.000000504. The topological polar surface area (TPSA) is 103 Å². The molecule has 1 aromatic heterocycles. The van der Waals surface area contributed by atoms with Crippen molar-refractivity contribution in [3.63, 3.8) is 0 Å². The van der Waals surface area contributed by atoms with Gasteiger partial charge >= 0.3 is 5.97 Å². The third-order valence-electron chi connectivity index (χ3n) is 2.64. The lowest BCUT2D eigenvalue weighted by Crippen LogP contribution is -2.32. The van der Waals surface area contributed by atoms with Gasteiger partial charge in [0.15, 0.2) is 6.10 Å². The molecule has 0 aliphatic rings. The molecule has 1 aromatic rings. The first-order chi connectivity index (χ1) is 11.4. The average Bonchev–Trinajstić information content (AvgIpc) is 2.43. The van der Waals surface area contributed by atoms with Crippen molar-refractivity contribution < 1.29 is 29.2 Å². The maximum Gasteiger partial charge on any atom is 0.344 e. The van der Waals surface area contributed by atoms with Crippen LogP contribution in [0.15, 0.2) is 6.07 Å². The van der Waals surface area contributed by atoms with E-state index >= 15 is 0 Å². The molecule has 0 aliphatic heterocycles. The number of likely N-dealkylation sites (N-methyl/N-ethyl adjacent to an activating group) is 1. The van der Waals surface area contributed by atoms with Crippen molar-refractivity contribution in [2.45, 2.75) is 39.1 Å². The van der Waals surface area contributed by atoms with Crippen molar-refractivity contribution in [3.8, 4) is 5.88 Å². The molecule has 0 spiro atoms. The number of carboxylic acid groups (broad SMARTS) is 1. The molecule has 0 aromatic carbocycles. The Morgan fingerprint density at radius 1 is 1.24 bits per heavy atom. The number of hydrogen-bond donors (Lipinski definition) is 3. The average molecular weight is 401 g/mol. The van der Waals surface area contributed by atoms with E-state index in [0.717, 1.165) is 6.07 Å². The lowest BCUT2D eigenvalue weighted by Gasteiger charge is -2.19. The zero-order chi connectivity index (χ0) is 19.7. The van der Waals surface area contributed by atoms with Gasteiger partial charge in [0.05, 0.1) is 17.2 Å². The number of ether oxygens (including phenoxy) is 1. The van der Waals surface area contributed by atoms with Crippen molar-refractivity contribution in [1.82, 2.24) is 9.88 Å². The molecule has 3 N–H and O–H groups in total. The number of rotatable bonds is 7. The maximum absolute atomic E-state index is 12.9. The monoisotopic (exact) mass is 400 g/mol. The fourth-order valence-electron chi connectivity index (χ4n) is 1.71. The molecule has 7 nitrogen and oxygen atoms in total. The van der Waals surface area contributed by atoms with Gasteiger partial charge in [0.1, 0.15) is 5.02 Å². The van der Waals surface area contributed by atoms with E-state index in [9.17, 15) is 9.18 Å². The SMILES string of the molecule is CC(O)CN(C)CC(C)O.CC(Oc1nc(F)c(Cl)cc1Cl)C(=O)O. The molecular formula is C15H23Cl2FN2O5. The first kappa shape index (κ1) is 23.8. The Morgan fingerprint density at radius 2 is 1.72 bits per heavy atom. The van der Waals surface area contributed by atoms with Crippen LogP contribution in [0.4, 0.5) is 4.39 Å². The molecule has 144 valence electrons. The summed E-state index contributed by atoms with van der Waals surface area (Å²) in [6, 6.07) is 1.09. The van der Waals surface area contributed by atoms with E-state index in [-0.39, 0.29) is 28.1 Å². The molecule has 0 aliphatic carbocycles. The molecule has 3 unspecified atom stereocenters. The van der Waals surface area contributed by atoms with Crippen molar-refractivity contribution in [2.75, 3.05) is 20.1 Å². The largest absolute Gasteiger partial charge is 0.479 e. The summed E-state index contributed by atoms with van der Waals surface area (Å²) in [5.41, 5.74) is 0. The van der Waals surface area contributed by atoms with Crippen LogP contribution in [0, 0.1) is 5.95 Å².